The fourth-order valence-electron chi connectivity index (χ4n) is 2.52. The molecule has 1 aromatic carbocycles. The van der Waals surface area contributed by atoms with Crippen molar-refractivity contribution in [3.8, 4) is 5.75 Å². The molecule has 128 valence electrons. The number of benzene rings is 1. The number of ketones is 1. The van der Waals surface area contributed by atoms with E-state index in [1.54, 1.807) is 42.4 Å². The molecule has 0 aliphatic heterocycles. The normalized spacial score (nSPS) is 11.1. The number of hydrogen-bond donors (Lipinski definition) is 0. The van der Waals surface area contributed by atoms with E-state index >= 15 is 0 Å². The van der Waals surface area contributed by atoms with Crippen LogP contribution in [0.15, 0.2) is 55.0 Å². The second-order valence-corrected chi connectivity index (χ2v) is 5.53. The van der Waals surface area contributed by atoms with E-state index in [0.717, 1.165) is 23.4 Å². The van der Waals surface area contributed by atoms with E-state index in [9.17, 15) is 4.79 Å². The van der Waals surface area contributed by atoms with Crippen LogP contribution in [0.3, 0.4) is 0 Å². The molecule has 0 amide bonds. The summed E-state index contributed by atoms with van der Waals surface area (Å²) < 4.78 is 8.97. The van der Waals surface area contributed by atoms with Gasteiger partial charge in [0, 0.05) is 30.7 Å². The molecule has 0 aliphatic carbocycles. The minimum absolute atomic E-state index is 0.114. The maximum Gasteiger partial charge on any atom is 0.206 e. The second kappa shape index (κ2) is 7.61. The van der Waals surface area contributed by atoms with Crippen LogP contribution >= 0.6 is 0 Å². The molecule has 0 saturated carbocycles. The number of hydrogen-bond acceptors (Lipinski definition) is 4. The van der Waals surface area contributed by atoms with Gasteiger partial charge in [0.1, 0.15) is 11.4 Å². The highest BCUT2D eigenvalue weighted by Crippen LogP contribution is 2.21. The van der Waals surface area contributed by atoms with Crippen molar-refractivity contribution >= 4 is 11.9 Å². The van der Waals surface area contributed by atoms with E-state index in [4.69, 9.17) is 4.74 Å². The summed E-state index contributed by atoms with van der Waals surface area (Å²) in [5, 5.41) is 8.44. The first kappa shape index (κ1) is 16.7. The number of ether oxygens (including phenoxy) is 1. The summed E-state index contributed by atoms with van der Waals surface area (Å²) in [5.74, 6) is 0.678. The predicted molar refractivity (Wildman–Crippen MR) is 95.6 cm³/mol. The summed E-state index contributed by atoms with van der Waals surface area (Å²) in [5.41, 5.74) is 2.37. The summed E-state index contributed by atoms with van der Waals surface area (Å²) in [7, 11) is 1.64. The van der Waals surface area contributed by atoms with Crippen LogP contribution in [-0.4, -0.2) is 32.5 Å². The number of aryl methyl sites for hydroxylation is 1. The Balaban J connectivity index is 1.78. The Kier molecular flexibility index (Phi) is 5.09. The number of allylic oxidation sites excluding steroid dienone is 1. The number of carbonyl (C=O) groups is 1. The molecule has 0 N–H and O–H groups in total. The van der Waals surface area contributed by atoms with E-state index in [1.165, 1.54) is 0 Å². The largest absolute Gasteiger partial charge is 0.496 e. The zero-order valence-corrected chi connectivity index (χ0v) is 14.3. The number of rotatable bonds is 7. The molecule has 0 atom stereocenters. The van der Waals surface area contributed by atoms with Crippen molar-refractivity contribution < 1.29 is 9.53 Å². The number of methoxy groups -OCH3 is 1. The zero-order valence-electron chi connectivity index (χ0n) is 14.3. The fraction of sp³-hybridized carbons (Fsp3) is 0.211. The molecule has 0 radical (unpaired) electrons. The molecule has 0 spiro atoms. The Labute approximate surface area is 146 Å². The first-order valence-corrected chi connectivity index (χ1v) is 8.10. The highest BCUT2D eigenvalue weighted by Gasteiger charge is 2.07. The molecule has 0 unspecified atom stereocenters. The smallest absolute Gasteiger partial charge is 0.206 e. The molecule has 25 heavy (non-hydrogen) atoms. The van der Waals surface area contributed by atoms with Crippen LogP contribution in [0.1, 0.15) is 28.5 Å². The van der Waals surface area contributed by atoms with E-state index in [2.05, 4.69) is 10.2 Å². The summed E-state index contributed by atoms with van der Waals surface area (Å²) in [6, 6.07) is 9.42. The Morgan fingerprint density at radius 2 is 2.12 bits per heavy atom. The quantitative estimate of drug-likeness (QED) is 0.491. The van der Waals surface area contributed by atoms with Crippen LogP contribution in [-0.2, 0) is 13.1 Å². The van der Waals surface area contributed by atoms with E-state index in [-0.39, 0.29) is 5.78 Å². The van der Waals surface area contributed by atoms with Crippen molar-refractivity contribution in [2.75, 3.05) is 7.11 Å². The minimum Gasteiger partial charge on any atom is -0.496 e. The lowest BCUT2D eigenvalue weighted by Gasteiger charge is -2.09. The van der Waals surface area contributed by atoms with Gasteiger partial charge in [0.25, 0.3) is 0 Å². The van der Waals surface area contributed by atoms with Gasteiger partial charge in [-0.15, -0.1) is 0 Å². The lowest BCUT2D eigenvalue weighted by atomic mass is 10.1. The average Bonchev–Trinajstić information content (AvgIpc) is 3.31. The molecule has 0 bridgehead atoms. The molecule has 3 aromatic rings. The molecule has 2 heterocycles. The van der Waals surface area contributed by atoms with Gasteiger partial charge in [-0.2, -0.15) is 10.2 Å². The van der Waals surface area contributed by atoms with E-state index < -0.39 is 0 Å². The number of aromatic nitrogens is 4. The lowest BCUT2D eigenvalue weighted by Crippen LogP contribution is -2.02. The van der Waals surface area contributed by atoms with Gasteiger partial charge in [-0.25, -0.2) is 0 Å². The summed E-state index contributed by atoms with van der Waals surface area (Å²) in [4.78, 5) is 12.2. The maximum atomic E-state index is 12.2. The van der Waals surface area contributed by atoms with Crippen LogP contribution in [0.2, 0.25) is 0 Å². The van der Waals surface area contributed by atoms with Crippen molar-refractivity contribution in [2.45, 2.75) is 20.0 Å². The van der Waals surface area contributed by atoms with E-state index in [1.807, 2.05) is 42.1 Å². The van der Waals surface area contributed by atoms with Gasteiger partial charge in [0.2, 0.25) is 5.78 Å². The number of nitrogens with zero attached hydrogens (tertiary/aromatic N) is 4. The van der Waals surface area contributed by atoms with Crippen molar-refractivity contribution in [2.24, 2.45) is 0 Å². The lowest BCUT2D eigenvalue weighted by molar-refractivity contribution is 0.104. The molecule has 0 fully saturated rings. The average molecular weight is 336 g/mol. The summed E-state index contributed by atoms with van der Waals surface area (Å²) in [6.07, 6.45) is 8.78. The fourth-order valence-corrected chi connectivity index (χ4v) is 2.52. The minimum atomic E-state index is -0.114. The van der Waals surface area contributed by atoms with Gasteiger partial charge < -0.3 is 4.74 Å². The molecule has 3 rings (SSSR count). The third-order valence-corrected chi connectivity index (χ3v) is 3.84. The third kappa shape index (κ3) is 4.03. The highest BCUT2D eigenvalue weighted by atomic mass is 16.5. The van der Waals surface area contributed by atoms with Crippen LogP contribution in [0.5, 0.6) is 5.75 Å². The summed E-state index contributed by atoms with van der Waals surface area (Å²) >= 11 is 0. The van der Waals surface area contributed by atoms with E-state index in [0.29, 0.717) is 12.2 Å². The van der Waals surface area contributed by atoms with Crippen molar-refractivity contribution in [1.29, 1.82) is 0 Å². The van der Waals surface area contributed by atoms with Gasteiger partial charge in [0.05, 0.1) is 13.7 Å². The maximum absolute atomic E-state index is 12.2. The van der Waals surface area contributed by atoms with Gasteiger partial charge in [-0.1, -0.05) is 12.1 Å². The zero-order chi connectivity index (χ0) is 17.6. The molecule has 2 aromatic heterocycles. The SMILES string of the molecule is CCn1ccc(C(=O)/C=C/c2ccc(OC)c(Cn3cccn3)c2)n1. The van der Waals surface area contributed by atoms with Gasteiger partial charge in [0.15, 0.2) is 0 Å². The third-order valence-electron chi connectivity index (χ3n) is 3.84. The molecule has 0 saturated heterocycles. The Morgan fingerprint density at radius 3 is 2.80 bits per heavy atom. The van der Waals surface area contributed by atoms with Gasteiger partial charge >= 0.3 is 0 Å². The monoisotopic (exact) mass is 336 g/mol. The van der Waals surface area contributed by atoms with Crippen molar-refractivity contribution in [3.63, 3.8) is 0 Å². The molecular weight excluding hydrogens is 316 g/mol. The first-order valence-electron chi connectivity index (χ1n) is 8.10. The summed E-state index contributed by atoms with van der Waals surface area (Å²) in [6.45, 7) is 3.33. The van der Waals surface area contributed by atoms with Crippen molar-refractivity contribution in [1.82, 2.24) is 19.6 Å². The first-order chi connectivity index (χ1) is 12.2. The molecular formula is C19H20N4O2. The predicted octanol–water partition coefficient (Wildman–Crippen LogP) is 3.05. The Bertz CT molecular complexity index is 879. The molecule has 6 heteroatoms. The standard InChI is InChI=1S/C19H20N4O2/c1-3-22-12-9-17(21-22)18(24)7-5-15-6-8-19(25-2)16(13-15)14-23-11-4-10-20-23/h4-13H,3,14H2,1-2H3/b7-5+. The highest BCUT2D eigenvalue weighted by molar-refractivity contribution is 6.05. The number of carbonyl (C=O) groups excluding carboxylic acids is 1. The Hall–Kier alpha value is -3.15. The van der Waals surface area contributed by atoms with Crippen LogP contribution in [0.25, 0.3) is 6.08 Å². The topological polar surface area (TPSA) is 61.9 Å². The Morgan fingerprint density at radius 1 is 1.24 bits per heavy atom. The molecule has 6 nitrogen and oxygen atoms in total. The van der Waals surface area contributed by atoms with Gasteiger partial charge in [-0.05, 0) is 42.8 Å². The second-order valence-electron chi connectivity index (χ2n) is 5.53. The van der Waals surface area contributed by atoms with Crippen LogP contribution in [0.4, 0.5) is 0 Å². The van der Waals surface area contributed by atoms with Crippen LogP contribution < -0.4 is 4.74 Å². The van der Waals surface area contributed by atoms with Crippen molar-refractivity contribution in [3.05, 3.63) is 71.8 Å². The van der Waals surface area contributed by atoms with Crippen LogP contribution in [0, 0.1) is 0 Å². The van der Waals surface area contributed by atoms with Gasteiger partial charge in [-0.3, -0.25) is 14.2 Å². The molecule has 0 aliphatic rings.